The Hall–Kier alpha value is -3.28. The molecule has 5 nitrogen and oxygen atoms in total. The lowest BCUT2D eigenvalue weighted by Crippen LogP contribution is -2.35. The number of benzene rings is 3. The van der Waals surface area contributed by atoms with E-state index < -0.39 is 29.6 Å². The molecule has 32 heavy (non-hydrogen) atoms. The Kier molecular flexibility index (Phi) is 7.92. The van der Waals surface area contributed by atoms with Crippen molar-refractivity contribution in [2.45, 2.75) is 31.7 Å². The van der Waals surface area contributed by atoms with Crippen molar-refractivity contribution < 1.29 is 23.8 Å². The van der Waals surface area contributed by atoms with Gasteiger partial charge in [-0.1, -0.05) is 91.0 Å². The van der Waals surface area contributed by atoms with Gasteiger partial charge in [-0.25, -0.2) is 4.79 Å². The van der Waals surface area contributed by atoms with Crippen LogP contribution in [0, 0.1) is 0 Å². The van der Waals surface area contributed by atoms with Crippen LogP contribution in [0.3, 0.4) is 0 Å². The zero-order chi connectivity index (χ0) is 23.0. The molecule has 0 unspecified atom stereocenters. The van der Waals surface area contributed by atoms with Gasteiger partial charge in [-0.15, -0.1) is 0 Å². The van der Waals surface area contributed by atoms with Crippen molar-refractivity contribution in [3.8, 4) is 0 Å². The molecule has 0 aliphatic carbocycles. The molecule has 0 aromatic heterocycles. The third-order valence-electron chi connectivity index (χ3n) is 4.92. The molecule has 0 amide bonds. The summed E-state index contributed by atoms with van der Waals surface area (Å²) < 4.78 is 17.6. The minimum absolute atomic E-state index is 0.279. The number of carbonyl (C=O) groups is 2. The Morgan fingerprint density at radius 3 is 1.72 bits per heavy atom. The molecular formula is C27H28O5. The Labute approximate surface area is 188 Å². The Morgan fingerprint density at radius 2 is 1.22 bits per heavy atom. The molecule has 0 spiro atoms. The highest BCUT2D eigenvalue weighted by Crippen LogP contribution is 2.38. The van der Waals surface area contributed by atoms with Crippen LogP contribution in [0.4, 0.5) is 0 Å². The lowest BCUT2D eigenvalue weighted by atomic mass is 9.96. The Balaban J connectivity index is 1.99. The third-order valence-corrected chi connectivity index (χ3v) is 4.92. The van der Waals surface area contributed by atoms with Crippen LogP contribution in [-0.4, -0.2) is 31.1 Å². The second-order valence-corrected chi connectivity index (χ2v) is 8.07. The lowest BCUT2D eigenvalue weighted by Gasteiger charge is -2.35. The van der Waals surface area contributed by atoms with Crippen LogP contribution in [0.1, 0.15) is 47.5 Å². The molecule has 3 aromatic carbocycles. The summed E-state index contributed by atoms with van der Waals surface area (Å²) >= 11 is 0. The minimum atomic E-state index is -0.931. The van der Waals surface area contributed by atoms with E-state index in [1.807, 2.05) is 74.5 Å². The number of ether oxygens (including phenoxy) is 3. The van der Waals surface area contributed by atoms with Gasteiger partial charge in [0, 0.05) is 12.7 Å². The van der Waals surface area contributed by atoms with Crippen LogP contribution in [0.15, 0.2) is 91.0 Å². The number of Topliss-reactive ketones (excluding diaryl/α,β-unsaturated/α-hetero) is 1. The number of hydrogen-bond acceptors (Lipinski definition) is 5. The van der Waals surface area contributed by atoms with Gasteiger partial charge in [0.1, 0.15) is 6.10 Å². The first-order chi connectivity index (χ1) is 15.4. The second kappa shape index (κ2) is 10.8. The molecular weight excluding hydrogens is 404 g/mol. The molecule has 3 rings (SSSR count). The third kappa shape index (κ3) is 6.13. The summed E-state index contributed by atoms with van der Waals surface area (Å²) in [5, 5.41) is 0. The van der Waals surface area contributed by atoms with E-state index in [0.717, 1.165) is 11.1 Å². The van der Waals surface area contributed by atoms with E-state index in [9.17, 15) is 9.59 Å². The molecule has 2 atom stereocenters. The number of esters is 1. The van der Waals surface area contributed by atoms with E-state index in [-0.39, 0.29) is 5.56 Å². The van der Waals surface area contributed by atoms with Crippen molar-refractivity contribution in [1.29, 1.82) is 0 Å². The summed E-state index contributed by atoms with van der Waals surface area (Å²) in [5.41, 5.74) is 1.16. The molecule has 0 bridgehead atoms. The Bertz CT molecular complexity index is 1000. The normalized spacial score (nSPS) is 13.2. The fraction of sp³-hybridized carbons (Fsp3) is 0.259. The summed E-state index contributed by atoms with van der Waals surface area (Å²) in [5.74, 6) is -1.63. The van der Waals surface area contributed by atoms with Gasteiger partial charge in [0.15, 0.2) is 6.10 Å². The van der Waals surface area contributed by atoms with Crippen LogP contribution < -0.4 is 0 Å². The van der Waals surface area contributed by atoms with Crippen LogP contribution in [0.2, 0.25) is 0 Å². The second-order valence-electron chi connectivity index (χ2n) is 8.07. The van der Waals surface area contributed by atoms with Crippen molar-refractivity contribution in [3.05, 3.63) is 108 Å². The summed E-state index contributed by atoms with van der Waals surface area (Å²) in [4.78, 5) is 25.6. The molecule has 0 fully saturated rings. The average molecular weight is 433 g/mol. The van der Waals surface area contributed by atoms with Crippen molar-refractivity contribution in [1.82, 2.24) is 0 Å². The highest BCUT2D eigenvalue weighted by molar-refractivity contribution is 6.40. The van der Waals surface area contributed by atoms with E-state index >= 15 is 0 Å². The zero-order valence-corrected chi connectivity index (χ0v) is 18.6. The molecule has 5 heteroatoms. The highest BCUT2D eigenvalue weighted by atomic mass is 16.6. The van der Waals surface area contributed by atoms with E-state index in [2.05, 4.69) is 0 Å². The number of carbonyl (C=O) groups excluding carboxylic acids is 2. The summed E-state index contributed by atoms with van der Waals surface area (Å²) in [6.45, 7) is 4.16. The van der Waals surface area contributed by atoms with E-state index in [0.29, 0.717) is 6.61 Å². The van der Waals surface area contributed by atoms with Crippen LogP contribution in [0.5, 0.6) is 0 Å². The first kappa shape index (κ1) is 23.4. The highest BCUT2D eigenvalue weighted by Gasteiger charge is 2.35. The first-order valence-corrected chi connectivity index (χ1v) is 10.5. The fourth-order valence-corrected chi connectivity index (χ4v) is 3.50. The van der Waals surface area contributed by atoms with E-state index in [1.54, 1.807) is 37.4 Å². The molecule has 0 heterocycles. The number of ketones is 1. The van der Waals surface area contributed by atoms with E-state index in [1.165, 1.54) is 0 Å². The topological polar surface area (TPSA) is 61.8 Å². The van der Waals surface area contributed by atoms with Crippen molar-refractivity contribution in [2.24, 2.45) is 0 Å². The van der Waals surface area contributed by atoms with Gasteiger partial charge < -0.3 is 14.2 Å². The van der Waals surface area contributed by atoms with Crippen molar-refractivity contribution in [2.75, 3.05) is 13.7 Å². The summed E-state index contributed by atoms with van der Waals surface area (Å²) in [6, 6.07) is 27.2. The van der Waals surface area contributed by atoms with Crippen LogP contribution in [-0.2, 0) is 19.0 Å². The fourth-order valence-electron chi connectivity index (χ4n) is 3.50. The molecule has 166 valence electrons. The zero-order valence-electron chi connectivity index (χ0n) is 18.6. The molecule has 0 radical (unpaired) electrons. The maximum Gasteiger partial charge on any atom is 0.380 e. The number of hydrogen-bond donors (Lipinski definition) is 0. The van der Waals surface area contributed by atoms with Crippen LogP contribution in [0.25, 0.3) is 0 Å². The van der Waals surface area contributed by atoms with Gasteiger partial charge in [-0.2, -0.15) is 0 Å². The van der Waals surface area contributed by atoms with Gasteiger partial charge in [0.05, 0.1) is 12.2 Å². The van der Waals surface area contributed by atoms with Gasteiger partial charge in [0.25, 0.3) is 5.78 Å². The van der Waals surface area contributed by atoms with Gasteiger partial charge in [-0.3, -0.25) is 4.79 Å². The number of rotatable bonds is 10. The van der Waals surface area contributed by atoms with Crippen LogP contribution >= 0.6 is 0 Å². The molecule has 0 aliphatic heterocycles. The van der Waals surface area contributed by atoms with Crippen molar-refractivity contribution in [3.63, 3.8) is 0 Å². The largest absolute Gasteiger partial charge is 0.448 e. The molecule has 0 N–H and O–H groups in total. The SMILES string of the molecule is COCC(C)(C)O[C@@H](c1ccccc1)[C@H](OC(=O)C(=O)c1ccccc1)c1ccccc1. The Morgan fingerprint density at radius 1 is 0.750 bits per heavy atom. The molecule has 0 saturated heterocycles. The maximum atomic E-state index is 12.9. The van der Waals surface area contributed by atoms with Gasteiger partial charge in [-0.05, 0) is 25.0 Å². The minimum Gasteiger partial charge on any atom is -0.448 e. The molecule has 3 aromatic rings. The smallest absolute Gasteiger partial charge is 0.380 e. The van der Waals surface area contributed by atoms with E-state index in [4.69, 9.17) is 14.2 Å². The molecule has 0 saturated carbocycles. The van der Waals surface area contributed by atoms with Gasteiger partial charge >= 0.3 is 5.97 Å². The standard InChI is InChI=1S/C27H28O5/c1-27(2,19-30-3)32-25(22-17-11-6-12-18-22)24(21-15-9-5-10-16-21)31-26(29)23(28)20-13-7-4-8-14-20/h4-18,24-25H,19H2,1-3H3/t24-,25+/m1/s1. The monoisotopic (exact) mass is 432 g/mol. The van der Waals surface area contributed by atoms with Gasteiger partial charge in [0.2, 0.25) is 0 Å². The quantitative estimate of drug-likeness (QED) is 0.246. The average Bonchev–Trinajstić information content (AvgIpc) is 2.82. The number of methoxy groups -OCH3 is 1. The predicted octanol–water partition coefficient (Wildman–Crippen LogP) is 5.34. The summed E-state index contributed by atoms with van der Waals surface area (Å²) in [6.07, 6.45) is -1.49. The summed E-state index contributed by atoms with van der Waals surface area (Å²) in [7, 11) is 1.61. The first-order valence-electron chi connectivity index (χ1n) is 10.5. The van der Waals surface area contributed by atoms with Crippen molar-refractivity contribution >= 4 is 11.8 Å². The predicted molar refractivity (Wildman–Crippen MR) is 122 cm³/mol. The maximum absolute atomic E-state index is 12.9. The molecule has 0 aliphatic rings. The lowest BCUT2D eigenvalue weighted by molar-refractivity contribution is -0.172.